The van der Waals surface area contributed by atoms with Gasteiger partial charge in [-0.3, -0.25) is 4.79 Å². The number of allylic oxidation sites excluding steroid dienone is 1. The molecule has 7 heteroatoms. The molecular formula is C16H18F3NO3. The Labute approximate surface area is 132 Å². The number of carbonyl (C=O) groups excluding carboxylic acids is 1. The fourth-order valence-electron chi connectivity index (χ4n) is 1.97. The van der Waals surface area contributed by atoms with Crippen molar-refractivity contribution in [3.8, 4) is 0 Å². The Bertz CT molecular complexity index is 553. The molecule has 4 nitrogen and oxygen atoms in total. The fourth-order valence-corrected chi connectivity index (χ4v) is 1.97. The number of aliphatic carboxylic acids is 1. The number of hydrogen-bond donors (Lipinski definition) is 2. The molecule has 0 bridgehead atoms. The van der Waals surface area contributed by atoms with Crippen LogP contribution in [0, 0.1) is 0 Å². The maximum atomic E-state index is 12.4. The van der Waals surface area contributed by atoms with Gasteiger partial charge in [0.05, 0.1) is 12.0 Å². The Morgan fingerprint density at radius 1 is 1.26 bits per heavy atom. The molecular weight excluding hydrogens is 311 g/mol. The van der Waals surface area contributed by atoms with Crippen molar-refractivity contribution in [2.24, 2.45) is 0 Å². The molecule has 1 aromatic carbocycles. The summed E-state index contributed by atoms with van der Waals surface area (Å²) in [5, 5.41) is 11.4. The first-order valence-corrected chi connectivity index (χ1v) is 7.03. The van der Waals surface area contributed by atoms with Gasteiger partial charge in [-0.05, 0) is 37.0 Å². The summed E-state index contributed by atoms with van der Waals surface area (Å²) in [6.07, 6.45) is -1.48. The molecule has 2 N–H and O–H groups in total. The average molecular weight is 329 g/mol. The molecule has 0 radical (unpaired) electrons. The number of benzene rings is 1. The monoisotopic (exact) mass is 329 g/mol. The van der Waals surface area contributed by atoms with E-state index in [4.69, 9.17) is 5.11 Å². The van der Waals surface area contributed by atoms with Crippen molar-refractivity contribution >= 4 is 11.9 Å². The van der Waals surface area contributed by atoms with Gasteiger partial charge in [0.1, 0.15) is 6.04 Å². The molecule has 126 valence electrons. The Balaban J connectivity index is 2.60. The highest BCUT2D eigenvalue weighted by Gasteiger charge is 2.30. The molecule has 1 aromatic rings. The van der Waals surface area contributed by atoms with Gasteiger partial charge < -0.3 is 10.4 Å². The Morgan fingerprint density at radius 2 is 1.87 bits per heavy atom. The molecule has 1 rings (SSSR count). The molecule has 23 heavy (non-hydrogen) atoms. The van der Waals surface area contributed by atoms with Crippen molar-refractivity contribution in [1.82, 2.24) is 5.32 Å². The zero-order valence-electron chi connectivity index (χ0n) is 12.4. The minimum Gasteiger partial charge on any atom is -0.480 e. The van der Waals surface area contributed by atoms with E-state index in [1.807, 2.05) is 0 Å². The van der Waals surface area contributed by atoms with E-state index in [9.17, 15) is 22.8 Å². The molecule has 0 aromatic heterocycles. The van der Waals surface area contributed by atoms with Gasteiger partial charge in [0, 0.05) is 0 Å². The van der Waals surface area contributed by atoms with Crippen molar-refractivity contribution in [2.75, 3.05) is 0 Å². The molecule has 0 spiro atoms. The van der Waals surface area contributed by atoms with Crippen LogP contribution < -0.4 is 5.32 Å². The van der Waals surface area contributed by atoms with E-state index < -0.39 is 29.7 Å². The largest absolute Gasteiger partial charge is 0.480 e. The summed E-state index contributed by atoms with van der Waals surface area (Å²) in [7, 11) is 0. The van der Waals surface area contributed by atoms with Gasteiger partial charge >= 0.3 is 12.1 Å². The normalized spacial score (nSPS) is 12.5. The first kappa shape index (κ1) is 18.7. The van der Waals surface area contributed by atoms with Crippen molar-refractivity contribution < 1.29 is 27.9 Å². The number of hydrogen-bond acceptors (Lipinski definition) is 2. The summed E-state index contributed by atoms with van der Waals surface area (Å²) >= 11 is 0. The molecule has 0 aliphatic rings. The van der Waals surface area contributed by atoms with E-state index in [0.29, 0.717) is 18.4 Å². The second-order valence-electron chi connectivity index (χ2n) is 5.05. The lowest BCUT2D eigenvalue weighted by Crippen LogP contribution is -2.41. The number of halogens is 3. The highest BCUT2D eigenvalue weighted by atomic mass is 19.4. The lowest BCUT2D eigenvalue weighted by Gasteiger charge is -2.14. The third-order valence-corrected chi connectivity index (χ3v) is 3.18. The molecule has 0 aliphatic carbocycles. The van der Waals surface area contributed by atoms with Gasteiger partial charge in [-0.2, -0.15) is 13.2 Å². The number of carboxylic acids is 1. The highest BCUT2D eigenvalue weighted by Crippen LogP contribution is 2.29. The van der Waals surface area contributed by atoms with Gasteiger partial charge in [-0.15, -0.1) is 6.58 Å². The quantitative estimate of drug-likeness (QED) is 0.569. The summed E-state index contributed by atoms with van der Waals surface area (Å²) in [4.78, 5) is 22.9. The van der Waals surface area contributed by atoms with Crippen molar-refractivity contribution in [3.05, 3.63) is 48.0 Å². The van der Waals surface area contributed by atoms with E-state index in [1.165, 1.54) is 12.1 Å². The van der Waals surface area contributed by atoms with E-state index >= 15 is 0 Å². The van der Waals surface area contributed by atoms with Crippen LogP contribution in [0.4, 0.5) is 13.2 Å². The summed E-state index contributed by atoms with van der Waals surface area (Å²) in [6, 6.07) is 3.17. The summed E-state index contributed by atoms with van der Waals surface area (Å²) in [5.41, 5.74) is -0.416. The maximum absolute atomic E-state index is 12.4. The number of amides is 1. The Hall–Kier alpha value is -2.31. The molecule has 0 heterocycles. The maximum Gasteiger partial charge on any atom is 0.416 e. The van der Waals surface area contributed by atoms with Crippen molar-refractivity contribution in [3.63, 3.8) is 0 Å². The minimum absolute atomic E-state index is 0.177. The van der Waals surface area contributed by atoms with Crippen LogP contribution in [0.2, 0.25) is 0 Å². The number of unbranched alkanes of at least 4 members (excludes halogenated alkanes) is 1. The van der Waals surface area contributed by atoms with Crippen molar-refractivity contribution in [1.29, 1.82) is 0 Å². The van der Waals surface area contributed by atoms with Crippen LogP contribution in [0.25, 0.3) is 0 Å². The van der Waals surface area contributed by atoms with Crippen LogP contribution in [0.15, 0.2) is 36.9 Å². The molecule has 0 aliphatic heterocycles. The lowest BCUT2D eigenvalue weighted by atomic mass is 10.1. The van der Waals surface area contributed by atoms with Gasteiger partial charge in [0.2, 0.25) is 5.91 Å². The van der Waals surface area contributed by atoms with Gasteiger partial charge in [0.25, 0.3) is 0 Å². The summed E-state index contributed by atoms with van der Waals surface area (Å²) in [5.74, 6) is -1.69. The summed E-state index contributed by atoms with van der Waals surface area (Å²) in [6.45, 7) is 3.53. The van der Waals surface area contributed by atoms with E-state index in [-0.39, 0.29) is 12.8 Å². The van der Waals surface area contributed by atoms with E-state index in [1.54, 1.807) is 6.08 Å². The molecule has 0 fully saturated rings. The third kappa shape index (κ3) is 6.54. The molecule has 0 unspecified atom stereocenters. The predicted molar refractivity (Wildman–Crippen MR) is 78.8 cm³/mol. The first-order chi connectivity index (χ1) is 10.7. The number of carbonyl (C=O) groups is 2. The highest BCUT2D eigenvalue weighted by molar-refractivity contribution is 5.84. The van der Waals surface area contributed by atoms with Crippen molar-refractivity contribution in [2.45, 2.75) is 37.9 Å². The van der Waals surface area contributed by atoms with E-state index in [0.717, 1.165) is 12.1 Å². The number of alkyl halides is 3. The first-order valence-electron chi connectivity index (χ1n) is 7.03. The topological polar surface area (TPSA) is 66.4 Å². The molecule has 1 atom stereocenters. The number of carboxylic acid groups (broad SMARTS) is 1. The van der Waals surface area contributed by atoms with Crippen LogP contribution in [-0.2, 0) is 22.2 Å². The second kappa shape index (κ2) is 8.36. The standard InChI is InChI=1S/C16H18F3NO3/c1-2-3-4-5-13(15(22)23)20-14(21)10-11-6-8-12(9-7-11)16(17,18)19/h2,6-9,13H,1,3-5,10H2,(H,20,21)(H,22,23)/t13-/m1/s1. The summed E-state index contributed by atoms with van der Waals surface area (Å²) < 4.78 is 37.3. The van der Waals surface area contributed by atoms with Crippen LogP contribution in [-0.4, -0.2) is 23.0 Å². The third-order valence-electron chi connectivity index (χ3n) is 3.18. The SMILES string of the molecule is C=CCCC[C@@H](NC(=O)Cc1ccc(C(F)(F)F)cc1)C(=O)O. The smallest absolute Gasteiger partial charge is 0.416 e. The number of rotatable bonds is 8. The van der Waals surface area contributed by atoms with E-state index in [2.05, 4.69) is 11.9 Å². The fraction of sp³-hybridized carbons (Fsp3) is 0.375. The van der Waals surface area contributed by atoms with Gasteiger partial charge in [0.15, 0.2) is 0 Å². The Morgan fingerprint density at radius 3 is 2.35 bits per heavy atom. The van der Waals surface area contributed by atoms with Crippen LogP contribution in [0.5, 0.6) is 0 Å². The van der Waals surface area contributed by atoms with Crippen LogP contribution in [0.3, 0.4) is 0 Å². The average Bonchev–Trinajstić information content (AvgIpc) is 2.45. The lowest BCUT2D eigenvalue weighted by molar-refractivity contribution is -0.142. The van der Waals surface area contributed by atoms with Gasteiger partial charge in [-0.1, -0.05) is 18.2 Å². The van der Waals surface area contributed by atoms with Crippen LogP contribution >= 0.6 is 0 Å². The Kier molecular flexibility index (Phi) is 6.81. The predicted octanol–water partition coefficient (Wildman–Crippen LogP) is 3.17. The zero-order valence-corrected chi connectivity index (χ0v) is 12.4. The number of nitrogens with one attached hydrogen (secondary N) is 1. The molecule has 0 saturated carbocycles. The van der Waals surface area contributed by atoms with Crippen LogP contribution in [0.1, 0.15) is 30.4 Å². The zero-order chi connectivity index (χ0) is 17.5. The molecule has 1 amide bonds. The molecule has 0 saturated heterocycles. The van der Waals surface area contributed by atoms with Gasteiger partial charge in [-0.25, -0.2) is 4.79 Å². The minimum atomic E-state index is -4.43. The second-order valence-corrected chi connectivity index (χ2v) is 5.05.